The fraction of sp³-hybridized carbons (Fsp3) is 0.259. The molecule has 0 saturated carbocycles. The summed E-state index contributed by atoms with van der Waals surface area (Å²) in [5.74, 6) is 0.538. The van der Waals surface area contributed by atoms with Crippen LogP contribution in [0.3, 0.4) is 0 Å². The minimum atomic E-state index is -0.151. The number of nitrogens with zero attached hydrogens (tertiary/aromatic N) is 5. The van der Waals surface area contributed by atoms with Crippen LogP contribution in [0.25, 0.3) is 0 Å². The van der Waals surface area contributed by atoms with E-state index in [1.807, 2.05) is 60.7 Å². The minimum absolute atomic E-state index is 0.00274. The molecular weight excluding hydrogens is 502 g/mol. The second-order valence-corrected chi connectivity index (χ2v) is 9.83. The molecule has 1 fully saturated rings. The van der Waals surface area contributed by atoms with Gasteiger partial charge in [0.15, 0.2) is 5.82 Å². The fourth-order valence-corrected chi connectivity index (χ4v) is 4.90. The van der Waals surface area contributed by atoms with Crippen LogP contribution in [0.5, 0.6) is 5.88 Å². The highest BCUT2D eigenvalue weighted by Crippen LogP contribution is 2.28. The number of carbonyl (C=O) groups is 2. The summed E-state index contributed by atoms with van der Waals surface area (Å²) in [5.41, 5.74) is 1.88. The third kappa shape index (κ3) is 7.10. The first-order valence-electron chi connectivity index (χ1n) is 12.4. The van der Waals surface area contributed by atoms with E-state index in [0.717, 1.165) is 42.2 Å². The molecule has 0 radical (unpaired) electrons. The summed E-state index contributed by atoms with van der Waals surface area (Å²) in [6.07, 6.45) is 2.13. The van der Waals surface area contributed by atoms with Crippen molar-refractivity contribution in [3.63, 3.8) is 0 Å². The molecule has 4 aromatic rings. The van der Waals surface area contributed by atoms with Crippen LogP contribution in [0, 0.1) is 0 Å². The van der Waals surface area contributed by atoms with E-state index < -0.39 is 0 Å². The predicted molar refractivity (Wildman–Crippen MR) is 145 cm³/mol. The number of aromatic nitrogens is 4. The molecule has 194 valence electrons. The second kappa shape index (κ2) is 12.2. The van der Waals surface area contributed by atoms with Gasteiger partial charge >= 0.3 is 0 Å². The zero-order chi connectivity index (χ0) is 26.2. The van der Waals surface area contributed by atoms with Gasteiger partial charge in [-0.3, -0.25) is 9.59 Å². The van der Waals surface area contributed by atoms with Crippen molar-refractivity contribution in [1.82, 2.24) is 20.4 Å². The van der Waals surface area contributed by atoms with Crippen molar-refractivity contribution in [1.29, 1.82) is 0 Å². The van der Waals surface area contributed by atoms with Crippen LogP contribution in [0.4, 0.5) is 16.1 Å². The van der Waals surface area contributed by atoms with Crippen LogP contribution in [-0.2, 0) is 22.4 Å². The lowest BCUT2D eigenvalue weighted by molar-refractivity contribution is -0.116. The SMILES string of the molecule is O=C(Cc1ccccc1)Nc1ccc(OC2CCN(c3nnc(NC(=O)Cc4ccccc4)s3)CC2)nn1. The highest BCUT2D eigenvalue weighted by molar-refractivity contribution is 7.19. The Bertz CT molecular complexity index is 1340. The quantitative estimate of drug-likeness (QED) is 0.336. The van der Waals surface area contributed by atoms with Crippen LogP contribution < -0.4 is 20.3 Å². The Morgan fingerprint density at radius 3 is 2.03 bits per heavy atom. The van der Waals surface area contributed by atoms with Crippen molar-refractivity contribution in [2.75, 3.05) is 28.6 Å². The van der Waals surface area contributed by atoms with Crippen molar-refractivity contribution < 1.29 is 14.3 Å². The molecule has 1 saturated heterocycles. The number of hydrogen-bond acceptors (Lipinski definition) is 9. The average Bonchev–Trinajstić information content (AvgIpc) is 3.39. The Morgan fingerprint density at radius 1 is 0.789 bits per heavy atom. The van der Waals surface area contributed by atoms with E-state index in [2.05, 4.69) is 35.9 Å². The first-order valence-corrected chi connectivity index (χ1v) is 13.2. The van der Waals surface area contributed by atoms with Crippen LogP contribution in [-0.4, -0.2) is 51.4 Å². The highest BCUT2D eigenvalue weighted by atomic mass is 32.1. The van der Waals surface area contributed by atoms with Crippen molar-refractivity contribution in [2.24, 2.45) is 0 Å². The van der Waals surface area contributed by atoms with E-state index in [-0.39, 0.29) is 24.3 Å². The molecule has 5 rings (SSSR count). The molecule has 1 aliphatic rings. The number of benzene rings is 2. The molecule has 0 aliphatic carbocycles. The number of carbonyl (C=O) groups excluding carboxylic acids is 2. The van der Waals surface area contributed by atoms with Crippen molar-refractivity contribution >= 4 is 39.2 Å². The molecular formula is C27H27N7O3S. The smallest absolute Gasteiger partial charge is 0.233 e. The Hall–Kier alpha value is -4.38. The Balaban J connectivity index is 1.05. The van der Waals surface area contributed by atoms with E-state index >= 15 is 0 Å². The number of anilines is 3. The molecule has 11 heteroatoms. The Labute approximate surface area is 224 Å². The standard InChI is InChI=1S/C27H27N7O3S/c35-23(17-19-7-3-1-4-8-19)28-22-11-12-25(31-30-22)37-21-13-15-34(16-14-21)27-33-32-26(38-27)29-24(36)18-20-9-5-2-6-10-20/h1-12,21H,13-18H2,(H,28,30,35)(H,29,32,36). The van der Waals surface area contributed by atoms with Gasteiger partial charge in [0, 0.05) is 32.0 Å². The van der Waals surface area contributed by atoms with Crippen molar-refractivity contribution in [3.8, 4) is 5.88 Å². The van der Waals surface area contributed by atoms with Gasteiger partial charge in [-0.25, -0.2) is 0 Å². The maximum atomic E-state index is 12.3. The van der Waals surface area contributed by atoms with E-state index in [4.69, 9.17) is 4.74 Å². The summed E-state index contributed by atoms with van der Waals surface area (Å²) in [5, 5.41) is 23.4. The third-order valence-corrected chi connectivity index (χ3v) is 6.88. The molecule has 0 bridgehead atoms. The predicted octanol–water partition coefficient (Wildman–Crippen LogP) is 3.74. The Morgan fingerprint density at radius 2 is 1.42 bits per heavy atom. The molecule has 0 unspecified atom stereocenters. The molecule has 2 aromatic heterocycles. The first-order chi connectivity index (χ1) is 18.6. The first kappa shape index (κ1) is 25.3. The van der Waals surface area contributed by atoms with Gasteiger partial charge in [0.05, 0.1) is 12.8 Å². The zero-order valence-corrected chi connectivity index (χ0v) is 21.4. The second-order valence-electron chi connectivity index (χ2n) is 8.87. The van der Waals surface area contributed by atoms with Crippen LogP contribution in [0.1, 0.15) is 24.0 Å². The number of ether oxygens (including phenoxy) is 1. The molecule has 10 nitrogen and oxygen atoms in total. The maximum absolute atomic E-state index is 12.3. The normalized spacial score (nSPS) is 13.6. The summed E-state index contributed by atoms with van der Waals surface area (Å²) in [6.45, 7) is 1.50. The van der Waals surface area contributed by atoms with Gasteiger partial charge in [-0.05, 0) is 17.2 Å². The lowest BCUT2D eigenvalue weighted by Gasteiger charge is -2.31. The molecule has 38 heavy (non-hydrogen) atoms. The van der Waals surface area contributed by atoms with Gasteiger partial charge in [-0.2, -0.15) is 0 Å². The molecule has 0 atom stereocenters. The van der Waals surface area contributed by atoms with Crippen LogP contribution in [0.2, 0.25) is 0 Å². The van der Waals surface area contributed by atoms with Gasteiger partial charge in [0.1, 0.15) is 6.10 Å². The summed E-state index contributed by atoms with van der Waals surface area (Å²) in [7, 11) is 0. The fourth-order valence-electron chi connectivity index (χ4n) is 4.09. The average molecular weight is 530 g/mol. The minimum Gasteiger partial charge on any atom is -0.473 e. The largest absolute Gasteiger partial charge is 0.473 e. The van der Waals surface area contributed by atoms with E-state index in [1.165, 1.54) is 11.3 Å². The van der Waals surface area contributed by atoms with Gasteiger partial charge in [0.2, 0.25) is 28.0 Å². The molecule has 2 amide bonds. The summed E-state index contributed by atoms with van der Waals surface area (Å²) >= 11 is 1.36. The highest BCUT2D eigenvalue weighted by Gasteiger charge is 2.24. The topological polar surface area (TPSA) is 122 Å². The van der Waals surface area contributed by atoms with Crippen molar-refractivity contribution in [2.45, 2.75) is 31.8 Å². The zero-order valence-electron chi connectivity index (χ0n) is 20.6. The van der Waals surface area contributed by atoms with E-state index in [0.29, 0.717) is 23.3 Å². The van der Waals surface area contributed by atoms with Gasteiger partial charge in [-0.15, -0.1) is 20.4 Å². The van der Waals surface area contributed by atoms with Gasteiger partial charge in [0.25, 0.3) is 0 Å². The molecule has 2 N–H and O–H groups in total. The summed E-state index contributed by atoms with van der Waals surface area (Å²) in [6, 6.07) is 22.5. The van der Waals surface area contributed by atoms with Gasteiger partial charge in [-0.1, -0.05) is 72.0 Å². The number of piperidine rings is 1. The molecule has 0 spiro atoms. The number of hydrogen-bond donors (Lipinski definition) is 2. The number of nitrogens with one attached hydrogen (secondary N) is 2. The van der Waals surface area contributed by atoms with E-state index in [1.54, 1.807) is 12.1 Å². The van der Waals surface area contributed by atoms with E-state index in [9.17, 15) is 9.59 Å². The third-order valence-electron chi connectivity index (χ3n) is 5.98. The molecule has 2 aromatic carbocycles. The summed E-state index contributed by atoms with van der Waals surface area (Å²) < 4.78 is 6.01. The Kier molecular flexibility index (Phi) is 8.14. The molecule has 1 aliphatic heterocycles. The maximum Gasteiger partial charge on any atom is 0.233 e. The summed E-state index contributed by atoms with van der Waals surface area (Å²) in [4.78, 5) is 26.7. The van der Waals surface area contributed by atoms with Crippen LogP contribution in [0.15, 0.2) is 72.8 Å². The molecule has 3 heterocycles. The van der Waals surface area contributed by atoms with Gasteiger partial charge < -0.3 is 20.3 Å². The van der Waals surface area contributed by atoms with Crippen molar-refractivity contribution in [3.05, 3.63) is 83.9 Å². The lowest BCUT2D eigenvalue weighted by atomic mass is 10.1. The van der Waals surface area contributed by atoms with Crippen LogP contribution >= 0.6 is 11.3 Å². The lowest BCUT2D eigenvalue weighted by Crippen LogP contribution is -2.38. The number of rotatable bonds is 9. The number of amides is 2. The monoisotopic (exact) mass is 529 g/mol.